The van der Waals surface area contributed by atoms with Crippen molar-refractivity contribution < 1.29 is 14.3 Å². The van der Waals surface area contributed by atoms with Crippen molar-refractivity contribution in [2.75, 3.05) is 43.6 Å². The zero-order chi connectivity index (χ0) is 23.3. The minimum absolute atomic E-state index is 0.264. The van der Waals surface area contributed by atoms with Crippen molar-refractivity contribution in [3.05, 3.63) is 64.9 Å². The van der Waals surface area contributed by atoms with E-state index >= 15 is 0 Å². The number of benzene rings is 2. The molecule has 2 amide bonds. The van der Waals surface area contributed by atoms with Crippen LogP contribution in [0, 0.1) is 13.8 Å². The van der Waals surface area contributed by atoms with Gasteiger partial charge in [0.2, 0.25) is 0 Å². The number of methoxy groups -OCH3 is 1. The predicted molar refractivity (Wildman–Crippen MR) is 130 cm³/mol. The minimum Gasteiger partial charge on any atom is -0.385 e. The Labute approximate surface area is 190 Å². The number of imide groups is 1. The van der Waals surface area contributed by atoms with Crippen LogP contribution in [-0.4, -0.2) is 50.1 Å². The van der Waals surface area contributed by atoms with Crippen LogP contribution in [0.4, 0.5) is 11.4 Å². The molecule has 0 fully saturated rings. The smallest absolute Gasteiger partial charge is 0.278 e. The van der Waals surface area contributed by atoms with Gasteiger partial charge in [0.15, 0.2) is 0 Å². The number of aryl methyl sites for hydroxylation is 2. The molecule has 0 saturated carbocycles. The molecular formula is C26H33N3O3. The summed E-state index contributed by atoms with van der Waals surface area (Å²) in [5.74, 6) is -0.561. The predicted octanol–water partition coefficient (Wildman–Crippen LogP) is 4.38. The van der Waals surface area contributed by atoms with E-state index in [1.165, 1.54) is 4.90 Å². The number of nitrogens with one attached hydrogen (secondary N) is 1. The molecule has 2 aromatic rings. The SMILES string of the molecule is CCN(CC)c1ccc(NC2=C(c3ccc(C)cc3C)C(=O)N(CCCOC)C2=O)cc1. The summed E-state index contributed by atoms with van der Waals surface area (Å²) in [6.07, 6.45) is 0.597. The molecule has 0 radical (unpaired) electrons. The molecule has 0 aliphatic carbocycles. The van der Waals surface area contributed by atoms with Gasteiger partial charge in [-0.15, -0.1) is 0 Å². The van der Waals surface area contributed by atoms with Crippen LogP contribution in [0.25, 0.3) is 5.57 Å². The van der Waals surface area contributed by atoms with Crippen LogP contribution in [0.5, 0.6) is 0 Å². The molecule has 1 aliphatic rings. The molecule has 0 aromatic heterocycles. The zero-order valence-electron chi connectivity index (χ0n) is 19.7. The average Bonchev–Trinajstić information content (AvgIpc) is 3.00. The Morgan fingerprint density at radius 3 is 2.25 bits per heavy atom. The molecule has 0 spiro atoms. The van der Waals surface area contributed by atoms with Gasteiger partial charge in [-0.1, -0.05) is 23.8 Å². The lowest BCUT2D eigenvalue weighted by Gasteiger charge is -2.21. The number of anilines is 2. The first-order valence-electron chi connectivity index (χ1n) is 11.2. The highest BCUT2D eigenvalue weighted by atomic mass is 16.5. The molecule has 1 heterocycles. The van der Waals surface area contributed by atoms with Crippen molar-refractivity contribution in [2.24, 2.45) is 0 Å². The van der Waals surface area contributed by atoms with Crippen molar-refractivity contribution in [1.29, 1.82) is 0 Å². The molecule has 1 aliphatic heterocycles. The maximum Gasteiger partial charge on any atom is 0.278 e. The summed E-state index contributed by atoms with van der Waals surface area (Å²) >= 11 is 0. The van der Waals surface area contributed by atoms with Gasteiger partial charge in [0.1, 0.15) is 5.70 Å². The van der Waals surface area contributed by atoms with E-state index in [1.54, 1.807) is 7.11 Å². The molecule has 3 rings (SSSR count). The summed E-state index contributed by atoms with van der Waals surface area (Å²) in [6.45, 7) is 10.9. The third-order valence-electron chi connectivity index (χ3n) is 5.81. The maximum absolute atomic E-state index is 13.3. The van der Waals surface area contributed by atoms with Crippen molar-refractivity contribution in [3.63, 3.8) is 0 Å². The first-order valence-corrected chi connectivity index (χ1v) is 11.2. The molecule has 6 nitrogen and oxygen atoms in total. The average molecular weight is 436 g/mol. The molecule has 0 bridgehead atoms. The van der Waals surface area contributed by atoms with E-state index < -0.39 is 0 Å². The summed E-state index contributed by atoms with van der Waals surface area (Å²) in [7, 11) is 1.61. The standard InChI is InChI=1S/C26H33N3O3/c1-6-28(7-2)21-12-10-20(11-13-21)27-24-23(22-14-9-18(3)17-19(22)4)25(30)29(26(24)31)15-8-16-32-5/h9-14,17,27H,6-8,15-16H2,1-5H3. The fraction of sp³-hybridized carbons (Fsp3) is 0.385. The van der Waals surface area contributed by atoms with Crippen molar-refractivity contribution >= 4 is 28.8 Å². The number of carbonyl (C=O) groups excluding carboxylic acids is 2. The highest BCUT2D eigenvalue weighted by Gasteiger charge is 2.39. The fourth-order valence-corrected chi connectivity index (χ4v) is 4.09. The molecule has 32 heavy (non-hydrogen) atoms. The van der Waals surface area contributed by atoms with Gasteiger partial charge in [0.25, 0.3) is 11.8 Å². The first-order chi connectivity index (χ1) is 15.4. The van der Waals surface area contributed by atoms with Gasteiger partial charge in [0.05, 0.1) is 5.57 Å². The van der Waals surface area contributed by atoms with Crippen molar-refractivity contribution in [2.45, 2.75) is 34.1 Å². The second-order valence-electron chi connectivity index (χ2n) is 8.02. The molecular weight excluding hydrogens is 402 g/mol. The van der Waals surface area contributed by atoms with Crippen LogP contribution in [0.2, 0.25) is 0 Å². The van der Waals surface area contributed by atoms with E-state index in [1.807, 2.05) is 56.3 Å². The lowest BCUT2D eigenvalue weighted by atomic mass is 9.97. The van der Waals surface area contributed by atoms with Gasteiger partial charge in [-0.05, 0) is 69.5 Å². The third kappa shape index (κ3) is 4.86. The highest BCUT2D eigenvalue weighted by molar-refractivity contribution is 6.36. The Bertz CT molecular complexity index is 1010. The van der Waals surface area contributed by atoms with Gasteiger partial charge in [-0.25, -0.2) is 0 Å². The van der Waals surface area contributed by atoms with Crippen LogP contribution >= 0.6 is 0 Å². The quantitative estimate of drug-likeness (QED) is 0.443. The normalized spacial score (nSPS) is 13.8. The van der Waals surface area contributed by atoms with E-state index in [2.05, 4.69) is 24.1 Å². The van der Waals surface area contributed by atoms with Crippen molar-refractivity contribution in [1.82, 2.24) is 4.90 Å². The third-order valence-corrected chi connectivity index (χ3v) is 5.81. The highest BCUT2D eigenvalue weighted by Crippen LogP contribution is 2.33. The first kappa shape index (κ1) is 23.5. The molecule has 2 aromatic carbocycles. The van der Waals surface area contributed by atoms with Crippen molar-refractivity contribution in [3.8, 4) is 0 Å². The summed E-state index contributed by atoms with van der Waals surface area (Å²) in [5, 5.41) is 3.25. The number of hydrogen-bond acceptors (Lipinski definition) is 5. The van der Waals surface area contributed by atoms with Crippen LogP contribution in [0.15, 0.2) is 48.2 Å². The van der Waals surface area contributed by atoms with Crippen LogP contribution in [-0.2, 0) is 14.3 Å². The van der Waals surface area contributed by atoms with Gasteiger partial charge >= 0.3 is 0 Å². The zero-order valence-corrected chi connectivity index (χ0v) is 19.7. The largest absolute Gasteiger partial charge is 0.385 e. The Hall–Kier alpha value is -3.12. The van der Waals surface area contributed by atoms with Gasteiger partial charge in [0, 0.05) is 44.7 Å². The lowest BCUT2D eigenvalue weighted by Crippen LogP contribution is -2.34. The number of hydrogen-bond donors (Lipinski definition) is 1. The lowest BCUT2D eigenvalue weighted by molar-refractivity contribution is -0.137. The molecule has 6 heteroatoms. The van der Waals surface area contributed by atoms with E-state index in [9.17, 15) is 9.59 Å². The number of amides is 2. The molecule has 0 saturated heterocycles. The van der Waals surface area contributed by atoms with Gasteiger partial charge in [-0.3, -0.25) is 14.5 Å². The van der Waals surface area contributed by atoms with Gasteiger partial charge in [-0.2, -0.15) is 0 Å². The van der Waals surface area contributed by atoms with E-state index in [-0.39, 0.29) is 11.8 Å². The molecule has 1 N–H and O–H groups in total. The summed E-state index contributed by atoms with van der Waals surface area (Å²) in [4.78, 5) is 30.2. The molecule has 0 unspecified atom stereocenters. The number of ether oxygens (including phenoxy) is 1. The topological polar surface area (TPSA) is 61.9 Å². The fourth-order valence-electron chi connectivity index (χ4n) is 4.09. The van der Waals surface area contributed by atoms with E-state index in [0.29, 0.717) is 30.8 Å². The Kier molecular flexibility index (Phi) is 7.70. The van der Waals surface area contributed by atoms with Crippen LogP contribution in [0.1, 0.15) is 37.0 Å². The summed E-state index contributed by atoms with van der Waals surface area (Å²) < 4.78 is 5.10. The van der Waals surface area contributed by atoms with Crippen LogP contribution in [0.3, 0.4) is 0 Å². The second-order valence-corrected chi connectivity index (χ2v) is 8.02. The number of nitrogens with zero attached hydrogens (tertiary/aromatic N) is 2. The Morgan fingerprint density at radius 2 is 1.66 bits per heavy atom. The Morgan fingerprint density at radius 1 is 0.969 bits per heavy atom. The van der Waals surface area contributed by atoms with E-state index in [0.717, 1.165) is 41.2 Å². The molecule has 0 atom stereocenters. The number of carbonyl (C=O) groups is 2. The minimum atomic E-state index is -0.297. The van der Waals surface area contributed by atoms with Crippen LogP contribution < -0.4 is 10.2 Å². The molecule has 170 valence electrons. The van der Waals surface area contributed by atoms with E-state index in [4.69, 9.17) is 4.74 Å². The number of rotatable bonds is 10. The second kappa shape index (κ2) is 10.5. The Balaban J connectivity index is 1.98. The summed E-state index contributed by atoms with van der Waals surface area (Å²) in [5.41, 5.74) is 5.52. The van der Waals surface area contributed by atoms with Gasteiger partial charge < -0.3 is 15.0 Å². The maximum atomic E-state index is 13.3. The summed E-state index contributed by atoms with van der Waals surface area (Å²) in [6, 6.07) is 13.9. The monoisotopic (exact) mass is 435 g/mol.